The molecule has 0 radical (unpaired) electrons. The Kier molecular flexibility index (Phi) is 8.28. The molecule has 0 bridgehead atoms. The van der Waals surface area contributed by atoms with Crippen LogP contribution in [-0.4, -0.2) is 68.2 Å². The lowest BCUT2D eigenvalue weighted by molar-refractivity contribution is 0.182. The highest BCUT2D eigenvalue weighted by Crippen LogP contribution is 2.29. The summed E-state index contributed by atoms with van der Waals surface area (Å²) in [6, 6.07) is 10.7. The Morgan fingerprint density at radius 3 is 2.52 bits per heavy atom. The molecule has 6 nitrogen and oxygen atoms in total. The molecule has 1 saturated heterocycles. The van der Waals surface area contributed by atoms with Gasteiger partial charge in [0.25, 0.3) is 0 Å². The van der Waals surface area contributed by atoms with E-state index >= 15 is 0 Å². The molecule has 1 N–H and O–H groups in total. The second-order valence-corrected chi connectivity index (χ2v) is 7.93. The number of nitrogens with zero attached hydrogens (tertiary/aromatic N) is 3. The number of nitrogens with one attached hydrogen (secondary N) is 1. The van der Waals surface area contributed by atoms with Crippen molar-refractivity contribution in [3.63, 3.8) is 0 Å². The van der Waals surface area contributed by atoms with Crippen LogP contribution >= 0.6 is 0 Å². The van der Waals surface area contributed by atoms with E-state index in [-0.39, 0.29) is 0 Å². The average Bonchev–Trinajstić information content (AvgIpc) is 2.76. The third-order valence-corrected chi connectivity index (χ3v) is 5.42. The average molecular weight is 399 g/mol. The number of piperidine rings is 1. The first-order chi connectivity index (χ1) is 14.1. The summed E-state index contributed by atoms with van der Waals surface area (Å²) in [7, 11) is 5.96. The van der Waals surface area contributed by atoms with Gasteiger partial charge in [-0.2, -0.15) is 0 Å². The van der Waals surface area contributed by atoms with Crippen molar-refractivity contribution in [2.75, 3.05) is 47.4 Å². The van der Waals surface area contributed by atoms with Crippen LogP contribution in [0, 0.1) is 0 Å². The van der Waals surface area contributed by atoms with Crippen LogP contribution in [0.15, 0.2) is 42.7 Å². The third-order valence-electron chi connectivity index (χ3n) is 5.42. The van der Waals surface area contributed by atoms with Crippen molar-refractivity contribution in [2.24, 2.45) is 0 Å². The maximum Gasteiger partial charge on any atom is 0.161 e. The van der Waals surface area contributed by atoms with Gasteiger partial charge >= 0.3 is 0 Å². The number of likely N-dealkylation sites (tertiary alicyclic amines) is 1. The minimum absolute atomic E-state index is 0.503. The molecule has 2 heterocycles. The predicted octanol–water partition coefficient (Wildman–Crippen LogP) is 2.78. The molecular formula is C23H34N4O2. The molecule has 0 atom stereocenters. The van der Waals surface area contributed by atoms with Gasteiger partial charge in [-0.05, 0) is 75.4 Å². The number of aromatic nitrogens is 1. The highest BCUT2D eigenvalue weighted by atomic mass is 16.5. The lowest BCUT2D eigenvalue weighted by atomic mass is 10.0. The zero-order chi connectivity index (χ0) is 20.5. The molecule has 1 aliphatic rings. The first kappa shape index (κ1) is 21.6. The second kappa shape index (κ2) is 11.1. The van der Waals surface area contributed by atoms with Gasteiger partial charge in [0.1, 0.15) is 6.61 Å². The van der Waals surface area contributed by atoms with Crippen LogP contribution in [0.25, 0.3) is 0 Å². The van der Waals surface area contributed by atoms with Gasteiger partial charge in [0, 0.05) is 38.1 Å². The molecular weight excluding hydrogens is 364 g/mol. The van der Waals surface area contributed by atoms with Crippen LogP contribution in [0.3, 0.4) is 0 Å². The van der Waals surface area contributed by atoms with Crippen LogP contribution in [0.4, 0.5) is 0 Å². The number of methoxy groups -OCH3 is 1. The van der Waals surface area contributed by atoms with Crippen molar-refractivity contribution >= 4 is 0 Å². The van der Waals surface area contributed by atoms with Gasteiger partial charge in [-0.3, -0.25) is 4.98 Å². The summed E-state index contributed by atoms with van der Waals surface area (Å²) >= 11 is 0. The van der Waals surface area contributed by atoms with Crippen molar-refractivity contribution in [2.45, 2.75) is 32.0 Å². The molecule has 1 aliphatic heterocycles. The Morgan fingerprint density at radius 2 is 1.83 bits per heavy atom. The monoisotopic (exact) mass is 398 g/mol. The van der Waals surface area contributed by atoms with Crippen LogP contribution in [0.5, 0.6) is 11.5 Å². The van der Waals surface area contributed by atoms with E-state index in [1.807, 2.05) is 18.2 Å². The molecule has 1 aromatic heterocycles. The molecule has 0 saturated carbocycles. The zero-order valence-electron chi connectivity index (χ0n) is 17.9. The fraction of sp³-hybridized carbons (Fsp3) is 0.522. The van der Waals surface area contributed by atoms with E-state index in [1.54, 1.807) is 19.5 Å². The quantitative estimate of drug-likeness (QED) is 0.664. The normalized spacial score (nSPS) is 15.6. The van der Waals surface area contributed by atoms with E-state index in [1.165, 1.54) is 31.5 Å². The number of hydrogen-bond acceptors (Lipinski definition) is 6. The summed E-state index contributed by atoms with van der Waals surface area (Å²) in [5.41, 5.74) is 2.30. The Balaban J connectivity index is 1.45. The van der Waals surface area contributed by atoms with E-state index in [0.29, 0.717) is 12.6 Å². The molecule has 158 valence electrons. The summed E-state index contributed by atoms with van der Waals surface area (Å²) in [6.45, 7) is 6.00. The van der Waals surface area contributed by atoms with Gasteiger partial charge in [0.05, 0.1) is 7.11 Å². The molecule has 1 aromatic carbocycles. The molecule has 0 unspecified atom stereocenters. The summed E-state index contributed by atoms with van der Waals surface area (Å²) < 4.78 is 11.5. The maximum atomic E-state index is 5.93. The molecule has 1 fully saturated rings. The second-order valence-electron chi connectivity index (χ2n) is 7.93. The minimum Gasteiger partial charge on any atom is -0.493 e. The Labute approximate surface area is 174 Å². The molecule has 0 amide bonds. The molecule has 0 aliphatic carbocycles. The highest BCUT2D eigenvalue weighted by Gasteiger charge is 2.18. The van der Waals surface area contributed by atoms with E-state index < -0.39 is 0 Å². The largest absolute Gasteiger partial charge is 0.493 e. The first-order valence-electron chi connectivity index (χ1n) is 10.4. The smallest absolute Gasteiger partial charge is 0.161 e. The fourth-order valence-electron chi connectivity index (χ4n) is 3.55. The molecule has 0 spiro atoms. The van der Waals surface area contributed by atoms with Crippen LogP contribution < -0.4 is 14.8 Å². The van der Waals surface area contributed by atoms with Gasteiger partial charge < -0.3 is 24.6 Å². The summed E-state index contributed by atoms with van der Waals surface area (Å²) in [4.78, 5) is 8.85. The van der Waals surface area contributed by atoms with Gasteiger partial charge in [0.2, 0.25) is 0 Å². The highest BCUT2D eigenvalue weighted by molar-refractivity contribution is 5.43. The minimum atomic E-state index is 0.503. The van der Waals surface area contributed by atoms with E-state index in [0.717, 1.165) is 36.7 Å². The van der Waals surface area contributed by atoms with Gasteiger partial charge in [-0.25, -0.2) is 0 Å². The van der Waals surface area contributed by atoms with Gasteiger partial charge in [-0.1, -0.05) is 6.07 Å². The lowest BCUT2D eigenvalue weighted by Crippen LogP contribution is -2.44. The Bertz CT molecular complexity index is 731. The van der Waals surface area contributed by atoms with Gasteiger partial charge in [0.15, 0.2) is 11.5 Å². The van der Waals surface area contributed by atoms with Gasteiger partial charge in [-0.15, -0.1) is 0 Å². The van der Waals surface area contributed by atoms with Crippen molar-refractivity contribution in [1.29, 1.82) is 0 Å². The number of pyridine rings is 1. The van der Waals surface area contributed by atoms with Crippen LogP contribution in [0.2, 0.25) is 0 Å². The Morgan fingerprint density at radius 1 is 1.07 bits per heavy atom. The summed E-state index contributed by atoms with van der Waals surface area (Å²) in [5.74, 6) is 1.54. The zero-order valence-corrected chi connectivity index (χ0v) is 17.9. The molecule has 29 heavy (non-hydrogen) atoms. The first-order valence-corrected chi connectivity index (χ1v) is 10.4. The van der Waals surface area contributed by atoms with E-state index in [9.17, 15) is 0 Å². The maximum absolute atomic E-state index is 5.93. The lowest BCUT2D eigenvalue weighted by Gasteiger charge is -2.33. The Hall–Kier alpha value is -2.15. The topological polar surface area (TPSA) is 49.9 Å². The van der Waals surface area contributed by atoms with E-state index in [2.05, 4.69) is 46.3 Å². The number of likely N-dealkylation sites (N-methyl/N-ethyl adjacent to an activating group) is 1. The molecule has 6 heteroatoms. The number of hydrogen-bond donors (Lipinski definition) is 1. The fourth-order valence-corrected chi connectivity index (χ4v) is 3.55. The van der Waals surface area contributed by atoms with Crippen molar-refractivity contribution in [3.05, 3.63) is 53.9 Å². The van der Waals surface area contributed by atoms with Crippen molar-refractivity contribution in [1.82, 2.24) is 20.1 Å². The van der Waals surface area contributed by atoms with Crippen LogP contribution in [0.1, 0.15) is 24.0 Å². The predicted molar refractivity (Wildman–Crippen MR) is 116 cm³/mol. The number of ether oxygens (including phenoxy) is 2. The SMILES string of the molecule is COc1cc(CNC2CCN(CCN(C)C)CC2)ccc1OCc1ccncc1. The third kappa shape index (κ3) is 6.99. The van der Waals surface area contributed by atoms with E-state index in [4.69, 9.17) is 9.47 Å². The standard InChI is InChI=1S/C23H34N4O2/c1-26(2)14-15-27-12-8-21(9-13-27)25-17-20-4-5-22(23(16-20)28-3)29-18-19-6-10-24-11-7-19/h4-7,10-11,16,21,25H,8-9,12-15,17-18H2,1-3H3. The van der Waals surface area contributed by atoms with Crippen molar-refractivity contribution in [3.8, 4) is 11.5 Å². The van der Waals surface area contributed by atoms with Crippen LogP contribution in [-0.2, 0) is 13.2 Å². The summed E-state index contributed by atoms with van der Waals surface area (Å²) in [6.07, 6.45) is 5.96. The number of rotatable bonds is 10. The van der Waals surface area contributed by atoms with Crippen molar-refractivity contribution < 1.29 is 9.47 Å². The number of benzene rings is 1. The molecule has 3 rings (SSSR count). The molecule has 2 aromatic rings. The summed E-state index contributed by atoms with van der Waals surface area (Å²) in [5, 5.41) is 3.71.